The van der Waals surface area contributed by atoms with Crippen LogP contribution in [0.15, 0.2) is 6.07 Å². The Hall–Kier alpha value is -0.570. The molecular formula is C7H2ClF3INO2. The minimum Gasteiger partial charge on any atom is -0.478 e. The normalized spacial score (nSPS) is 11.5. The summed E-state index contributed by atoms with van der Waals surface area (Å²) in [5.74, 6) is -1.69. The van der Waals surface area contributed by atoms with E-state index in [9.17, 15) is 18.0 Å². The molecule has 0 saturated heterocycles. The van der Waals surface area contributed by atoms with E-state index in [1.54, 1.807) is 0 Å². The number of carboxylic acids is 1. The molecule has 0 bridgehead atoms. The molecule has 15 heavy (non-hydrogen) atoms. The van der Waals surface area contributed by atoms with Gasteiger partial charge in [-0.05, 0) is 28.7 Å². The van der Waals surface area contributed by atoms with E-state index in [0.717, 1.165) is 0 Å². The Bertz CT molecular complexity index is 421. The van der Waals surface area contributed by atoms with Gasteiger partial charge >= 0.3 is 12.1 Å². The fraction of sp³-hybridized carbons (Fsp3) is 0.143. The van der Waals surface area contributed by atoms with Crippen molar-refractivity contribution in [2.45, 2.75) is 6.18 Å². The van der Waals surface area contributed by atoms with Crippen LogP contribution in [-0.2, 0) is 6.18 Å². The van der Waals surface area contributed by atoms with Crippen molar-refractivity contribution >= 4 is 40.2 Å². The van der Waals surface area contributed by atoms with E-state index in [-0.39, 0.29) is 5.15 Å². The van der Waals surface area contributed by atoms with Crippen LogP contribution in [0, 0.1) is 3.70 Å². The van der Waals surface area contributed by atoms with Crippen LogP contribution < -0.4 is 0 Å². The molecule has 0 aromatic carbocycles. The zero-order valence-corrected chi connectivity index (χ0v) is 9.68. The lowest BCUT2D eigenvalue weighted by Gasteiger charge is -2.11. The second-order valence-corrected chi connectivity index (χ2v) is 3.87. The molecule has 3 nitrogen and oxygen atoms in total. The Balaban J connectivity index is 3.55. The molecule has 8 heteroatoms. The molecule has 0 fully saturated rings. The van der Waals surface area contributed by atoms with Gasteiger partial charge in [0.05, 0.1) is 5.56 Å². The third kappa shape index (κ3) is 2.71. The third-order valence-corrected chi connectivity index (χ3v) is 2.43. The molecule has 0 unspecified atom stereocenters. The lowest BCUT2D eigenvalue weighted by molar-refractivity contribution is -0.139. The van der Waals surface area contributed by atoms with Crippen LogP contribution in [0.1, 0.15) is 15.9 Å². The molecule has 0 radical (unpaired) electrons. The van der Waals surface area contributed by atoms with E-state index >= 15 is 0 Å². The summed E-state index contributed by atoms with van der Waals surface area (Å²) in [7, 11) is 0. The summed E-state index contributed by atoms with van der Waals surface area (Å²) >= 11 is 6.66. The topological polar surface area (TPSA) is 50.2 Å². The van der Waals surface area contributed by atoms with Crippen LogP contribution in [0.3, 0.4) is 0 Å². The lowest BCUT2D eigenvalue weighted by atomic mass is 10.1. The smallest absolute Gasteiger partial charge is 0.419 e. The maximum atomic E-state index is 12.5. The van der Waals surface area contributed by atoms with E-state index in [4.69, 9.17) is 16.7 Å². The van der Waals surface area contributed by atoms with Crippen LogP contribution in [0.4, 0.5) is 13.2 Å². The van der Waals surface area contributed by atoms with E-state index in [1.165, 1.54) is 22.6 Å². The number of aromatic carboxylic acids is 1. The van der Waals surface area contributed by atoms with Gasteiger partial charge in [-0.25, -0.2) is 9.78 Å². The van der Waals surface area contributed by atoms with Crippen LogP contribution in [0.25, 0.3) is 0 Å². The highest BCUT2D eigenvalue weighted by atomic mass is 127. The van der Waals surface area contributed by atoms with Gasteiger partial charge in [-0.1, -0.05) is 11.6 Å². The SMILES string of the molecule is O=C(O)c1cc(Cl)nc(I)c1C(F)(F)F. The standard InChI is InChI=1S/C7H2ClF3INO2/c8-3-1-2(6(14)15)4(5(12)13-3)7(9,10)11/h1H,(H,14,15). The van der Waals surface area contributed by atoms with E-state index in [1.807, 2.05) is 0 Å². The number of nitrogens with zero attached hydrogens (tertiary/aromatic N) is 1. The highest BCUT2D eigenvalue weighted by Crippen LogP contribution is 2.35. The monoisotopic (exact) mass is 351 g/mol. The van der Waals surface area contributed by atoms with Gasteiger partial charge in [0.2, 0.25) is 0 Å². The Labute approximate surface area is 100 Å². The van der Waals surface area contributed by atoms with Crippen molar-refractivity contribution in [1.82, 2.24) is 4.98 Å². The Morgan fingerprint density at radius 3 is 2.47 bits per heavy atom. The second kappa shape index (κ2) is 4.12. The zero-order chi connectivity index (χ0) is 11.8. The first-order chi connectivity index (χ1) is 6.73. The minimum atomic E-state index is -4.76. The van der Waals surface area contributed by atoms with Gasteiger partial charge in [-0.2, -0.15) is 13.2 Å². The highest BCUT2D eigenvalue weighted by Gasteiger charge is 2.38. The zero-order valence-electron chi connectivity index (χ0n) is 6.77. The molecule has 1 rings (SSSR count). The number of hydrogen-bond acceptors (Lipinski definition) is 2. The van der Waals surface area contributed by atoms with Crippen molar-refractivity contribution in [3.8, 4) is 0 Å². The van der Waals surface area contributed by atoms with Crippen LogP contribution >= 0.6 is 34.2 Å². The van der Waals surface area contributed by atoms with Gasteiger partial charge in [-0.3, -0.25) is 0 Å². The van der Waals surface area contributed by atoms with Crippen molar-refractivity contribution < 1.29 is 23.1 Å². The van der Waals surface area contributed by atoms with E-state index in [0.29, 0.717) is 6.07 Å². The average Bonchev–Trinajstić information content (AvgIpc) is 1.99. The molecule has 0 aliphatic rings. The minimum absolute atomic E-state index is 0.287. The number of halogens is 5. The van der Waals surface area contributed by atoms with Gasteiger partial charge < -0.3 is 5.11 Å². The van der Waals surface area contributed by atoms with Crippen LogP contribution in [0.5, 0.6) is 0 Å². The van der Waals surface area contributed by atoms with E-state index in [2.05, 4.69) is 4.98 Å². The summed E-state index contributed by atoms with van der Waals surface area (Å²) in [6.07, 6.45) is -4.76. The molecule has 82 valence electrons. The fourth-order valence-corrected chi connectivity index (χ4v) is 2.12. The van der Waals surface area contributed by atoms with Crippen molar-refractivity contribution in [1.29, 1.82) is 0 Å². The fourth-order valence-electron chi connectivity index (χ4n) is 0.923. The van der Waals surface area contributed by atoms with E-state index < -0.39 is 27.0 Å². The second-order valence-electron chi connectivity index (χ2n) is 2.46. The Morgan fingerprint density at radius 2 is 2.07 bits per heavy atom. The Morgan fingerprint density at radius 1 is 1.53 bits per heavy atom. The summed E-state index contributed by atoms with van der Waals surface area (Å²) in [4.78, 5) is 13.9. The van der Waals surface area contributed by atoms with Crippen molar-refractivity contribution in [3.05, 3.63) is 26.0 Å². The lowest BCUT2D eigenvalue weighted by Crippen LogP contribution is -2.16. The molecule has 0 atom stereocenters. The molecule has 1 heterocycles. The van der Waals surface area contributed by atoms with Gasteiger partial charge in [-0.15, -0.1) is 0 Å². The molecule has 0 spiro atoms. The van der Waals surface area contributed by atoms with Gasteiger partial charge in [0.15, 0.2) is 0 Å². The molecule has 1 N–H and O–H groups in total. The van der Waals surface area contributed by atoms with Gasteiger partial charge in [0, 0.05) is 0 Å². The van der Waals surface area contributed by atoms with Gasteiger partial charge in [0.1, 0.15) is 14.4 Å². The number of pyridine rings is 1. The first kappa shape index (κ1) is 12.5. The average molecular weight is 351 g/mol. The van der Waals surface area contributed by atoms with Crippen molar-refractivity contribution in [3.63, 3.8) is 0 Å². The number of hydrogen-bond donors (Lipinski definition) is 1. The highest BCUT2D eigenvalue weighted by molar-refractivity contribution is 14.1. The van der Waals surface area contributed by atoms with Crippen LogP contribution in [0.2, 0.25) is 5.15 Å². The maximum Gasteiger partial charge on any atom is 0.419 e. The largest absolute Gasteiger partial charge is 0.478 e. The summed E-state index contributed by atoms with van der Waals surface area (Å²) in [5, 5.41) is 8.30. The molecule has 1 aromatic heterocycles. The maximum absolute atomic E-state index is 12.5. The summed E-state index contributed by atoms with van der Waals surface area (Å²) in [5.41, 5.74) is -2.17. The molecule has 1 aromatic rings. The van der Waals surface area contributed by atoms with Crippen molar-refractivity contribution in [2.75, 3.05) is 0 Å². The predicted octanol–water partition coefficient (Wildman–Crippen LogP) is 3.06. The molecule has 0 amide bonds. The quantitative estimate of drug-likeness (QED) is 0.625. The Kier molecular flexibility index (Phi) is 3.44. The number of carbonyl (C=O) groups is 1. The van der Waals surface area contributed by atoms with Crippen molar-refractivity contribution in [2.24, 2.45) is 0 Å². The molecule has 0 aliphatic heterocycles. The first-order valence-corrected chi connectivity index (χ1v) is 4.85. The number of carboxylic acid groups (broad SMARTS) is 1. The molecular weight excluding hydrogens is 349 g/mol. The summed E-state index contributed by atoms with van der Waals surface area (Å²) < 4.78 is 36.9. The number of rotatable bonds is 1. The number of aromatic nitrogens is 1. The molecule has 0 saturated carbocycles. The van der Waals surface area contributed by atoms with Crippen LogP contribution in [-0.4, -0.2) is 16.1 Å². The summed E-state index contributed by atoms with van der Waals surface area (Å²) in [6, 6.07) is 0.675. The predicted molar refractivity (Wildman–Crippen MR) is 53.9 cm³/mol. The number of alkyl halides is 3. The van der Waals surface area contributed by atoms with Gasteiger partial charge in [0.25, 0.3) is 0 Å². The summed E-state index contributed by atoms with van der Waals surface area (Å²) in [6.45, 7) is 0. The third-order valence-electron chi connectivity index (χ3n) is 1.46. The first-order valence-electron chi connectivity index (χ1n) is 3.40. The molecule has 0 aliphatic carbocycles.